The molecule has 3 aromatic carbocycles. The van der Waals surface area contributed by atoms with E-state index in [4.69, 9.17) is 9.47 Å². The molecule has 0 unspecified atom stereocenters. The minimum absolute atomic E-state index is 0.294. The van der Waals surface area contributed by atoms with Crippen molar-refractivity contribution in [2.24, 2.45) is 0 Å². The van der Waals surface area contributed by atoms with Crippen LogP contribution in [-0.4, -0.2) is 18.2 Å². The van der Waals surface area contributed by atoms with Crippen LogP contribution in [0.2, 0.25) is 0 Å². The van der Waals surface area contributed by atoms with E-state index in [9.17, 15) is 4.79 Å². The van der Waals surface area contributed by atoms with E-state index in [1.807, 2.05) is 39.0 Å². The fourth-order valence-corrected chi connectivity index (χ4v) is 3.88. The molecule has 1 heterocycles. The lowest BCUT2D eigenvalue weighted by Gasteiger charge is -2.24. The summed E-state index contributed by atoms with van der Waals surface area (Å²) in [6.45, 7) is 6.81. The second-order valence-corrected chi connectivity index (χ2v) is 9.26. The zero-order valence-corrected chi connectivity index (χ0v) is 19.1. The van der Waals surface area contributed by atoms with E-state index >= 15 is 0 Å². The predicted octanol–water partition coefficient (Wildman–Crippen LogP) is 6.35. The van der Waals surface area contributed by atoms with Gasteiger partial charge >= 0.3 is 6.09 Å². The van der Waals surface area contributed by atoms with Crippen molar-refractivity contribution >= 4 is 11.8 Å². The SMILES string of the molecule is CC(C)(C)OC(=O)N1CCc2cc(OCc3ccc(CCc4ccccc4)cc3)ccc21. The van der Waals surface area contributed by atoms with Crippen LogP contribution in [-0.2, 0) is 30.6 Å². The second kappa shape index (κ2) is 9.47. The lowest BCUT2D eigenvalue weighted by atomic mass is 10.0. The van der Waals surface area contributed by atoms with Gasteiger partial charge in [-0.1, -0.05) is 54.6 Å². The molecule has 0 aliphatic carbocycles. The van der Waals surface area contributed by atoms with Crippen molar-refractivity contribution in [3.63, 3.8) is 0 Å². The van der Waals surface area contributed by atoms with E-state index in [0.717, 1.165) is 41.8 Å². The molecule has 4 heteroatoms. The van der Waals surface area contributed by atoms with Crippen molar-refractivity contribution in [3.05, 3.63) is 95.1 Å². The average molecular weight is 430 g/mol. The topological polar surface area (TPSA) is 38.8 Å². The number of nitrogens with zero attached hydrogens (tertiary/aromatic N) is 1. The standard InChI is InChI=1S/C28H31NO3/c1-28(2,3)32-27(30)29-18-17-24-19-25(15-16-26(24)29)31-20-23-13-11-22(12-14-23)10-9-21-7-5-4-6-8-21/h4-8,11-16,19H,9-10,17-18,20H2,1-3H3. The Morgan fingerprint density at radius 3 is 2.22 bits per heavy atom. The van der Waals surface area contributed by atoms with Gasteiger partial charge < -0.3 is 9.47 Å². The maximum Gasteiger partial charge on any atom is 0.414 e. The first kappa shape index (κ1) is 21.9. The minimum Gasteiger partial charge on any atom is -0.489 e. The largest absolute Gasteiger partial charge is 0.489 e. The summed E-state index contributed by atoms with van der Waals surface area (Å²) in [6.07, 6.45) is 2.59. The molecule has 0 N–H and O–H groups in total. The van der Waals surface area contributed by atoms with Gasteiger partial charge in [-0.05, 0) is 80.5 Å². The molecular formula is C28H31NO3. The van der Waals surface area contributed by atoms with Gasteiger partial charge in [-0.15, -0.1) is 0 Å². The summed E-state index contributed by atoms with van der Waals surface area (Å²) in [4.78, 5) is 14.2. The maximum atomic E-state index is 12.4. The van der Waals surface area contributed by atoms with Gasteiger partial charge in [0.1, 0.15) is 18.0 Å². The van der Waals surface area contributed by atoms with Crippen molar-refractivity contribution < 1.29 is 14.3 Å². The van der Waals surface area contributed by atoms with E-state index < -0.39 is 5.60 Å². The van der Waals surface area contributed by atoms with Gasteiger partial charge in [-0.25, -0.2) is 4.79 Å². The fourth-order valence-electron chi connectivity index (χ4n) is 3.88. The molecule has 3 aromatic rings. The first-order valence-corrected chi connectivity index (χ1v) is 11.3. The monoisotopic (exact) mass is 429 g/mol. The fraction of sp³-hybridized carbons (Fsp3) is 0.321. The lowest BCUT2D eigenvalue weighted by molar-refractivity contribution is 0.0584. The van der Waals surface area contributed by atoms with Crippen molar-refractivity contribution in [2.45, 2.75) is 52.2 Å². The van der Waals surface area contributed by atoms with Crippen LogP contribution < -0.4 is 9.64 Å². The molecule has 0 saturated heterocycles. The Balaban J connectivity index is 1.31. The van der Waals surface area contributed by atoms with Crippen LogP contribution in [0.1, 0.15) is 43.0 Å². The summed E-state index contributed by atoms with van der Waals surface area (Å²) in [5, 5.41) is 0. The number of carbonyl (C=O) groups excluding carboxylic acids is 1. The summed E-state index contributed by atoms with van der Waals surface area (Å²) in [7, 11) is 0. The Morgan fingerprint density at radius 2 is 1.53 bits per heavy atom. The third-order valence-electron chi connectivity index (χ3n) is 5.53. The Kier molecular flexibility index (Phi) is 6.50. The van der Waals surface area contributed by atoms with E-state index in [1.54, 1.807) is 4.90 Å². The second-order valence-electron chi connectivity index (χ2n) is 9.26. The molecule has 1 aliphatic rings. The molecule has 0 aromatic heterocycles. The van der Waals surface area contributed by atoms with Crippen molar-refractivity contribution in [3.8, 4) is 5.75 Å². The number of anilines is 1. The molecule has 4 nitrogen and oxygen atoms in total. The highest BCUT2D eigenvalue weighted by molar-refractivity contribution is 5.90. The van der Waals surface area contributed by atoms with Crippen LogP contribution in [0.25, 0.3) is 0 Å². The van der Waals surface area contributed by atoms with Gasteiger partial charge in [0.05, 0.1) is 5.69 Å². The van der Waals surface area contributed by atoms with E-state index in [2.05, 4.69) is 54.6 Å². The van der Waals surface area contributed by atoms with E-state index in [1.165, 1.54) is 11.1 Å². The van der Waals surface area contributed by atoms with Crippen molar-refractivity contribution in [2.75, 3.05) is 11.4 Å². The number of hydrogen-bond donors (Lipinski definition) is 0. The third-order valence-corrected chi connectivity index (χ3v) is 5.53. The predicted molar refractivity (Wildman–Crippen MR) is 128 cm³/mol. The number of ether oxygens (including phenoxy) is 2. The van der Waals surface area contributed by atoms with Crippen LogP contribution in [0.5, 0.6) is 5.75 Å². The minimum atomic E-state index is -0.500. The van der Waals surface area contributed by atoms with Gasteiger partial charge in [0.25, 0.3) is 0 Å². The number of hydrogen-bond acceptors (Lipinski definition) is 3. The molecule has 4 rings (SSSR count). The first-order chi connectivity index (χ1) is 15.4. The highest BCUT2D eigenvalue weighted by Gasteiger charge is 2.29. The number of benzene rings is 3. The highest BCUT2D eigenvalue weighted by atomic mass is 16.6. The summed E-state index contributed by atoms with van der Waals surface area (Å²) in [6, 6.07) is 25.1. The van der Waals surface area contributed by atoms with Gasteiger partial charge in [0, 0.05) is 6.54 Å². The van der Waals surface area contributed by atoms with Gasteiger partial charge in [-0.3, -0.25) is 4.90 Å². The van der Waals surface area contributed by atoms with Gasteiger partial charge in [0.2, 0.25) is 0 Å². The Bertz CT molecular complexity index is 1050. The Morgan fingerprint density at radius 1 is 0.875 bits per heavy atom. The van der Waals surface area contributed by atoms with Gasteiger partial charge in [0.15, 0.2) is 0 Å². The highest BCUT2D eigenvalue weighted by Crippen LogP contribution is 2.32. The molecule has 1 aliphatic heterocycles. The molecule has 0 radical (unpaired) electrons. The van der Waals surface area contributed by atoms with E-state index in [-0.39, 0.29) is 6.09 Å². The normalized spacial score (nSPS) is 13.0. The number of amides is 1. The van der Waals surface area contributed by atoms with Crippen molar-refractivity contribution in [1.29, 1.82) is 0 Å². The third kappa shape index (κ3) is 5.70. The molecule has 0 spiro atoms. The van der Waals surface area contributed by atoms with Crippen LogP contribution >= 0.6 is 0 Å². The molecule has 0 saturated carbocycles. The molecule has 0 atom stereocenters. The summed E-state index contributed by atoms with van der Waals surface area (Å²) < 4.78 is 11.5. The molecular weight excluding hydrogens is 398 g/mol. The smallest absolute Gasteiger partial charge is 0.414 e. The van der Waals surface area contributed by atoms with Crippen molar-refractivity contribution in [1.82, 2.24) is 0 Å². The molecule has 32 heavy (non-hydrogen) atoms. The number of rotatable bonds is 6. The number of aryl methyl sites for hydroxylation is 2. The van der Waals surface area contributed by atoms with Gasteiger partial charge in [-0.2, -0.15) is 0 Å². The van der Waals surface area contributed by atoms with Crippen LogP contribution in [0.3, 0.4) is 0 Å². The molecule has 0 bridgehead atoms. The molecule has 0 fully saturated rings. The zero-order valence-electron chi connectivity index (χ0n) is 19.1. The van der Waals surface area contributed by atoms with Crippen LogP contribution in [0.4, 0.5) is 10.5 Å². The first-order valence-electron chi connectivity index (χ1n) is 11.3. The summed E-state index contributed by atoms with van der Waals surface area (Å²) in [5.74, 6) is 0.822. The summed E-state index contributed by atoms with van der Waals surface area (Å²) >= 11 is 0. The maximum absolute atomic E-state index is 12.4. The van der Waals surface area contributed by atoms with E-state index in [0.29, 0.717) is 13.2 Å². The number of carbonyl (C=O) groups is 1. The molecule has 166 valence electrons. The quantitative estimate of drug-likeness (QED) is 0.458. The lowest BCUT2D eigenvalue weighted by Crippen LogP contribution is -2.35. The van der Waals surface area contributed by atoms with Crippen LogP contribution in [0, 0.1) is 0 Å². The van der Waals surface area contributed by atoms with Crippen LogP contribution in [0.15, 0.2) is 72.8 Å². The number of fused-ring (bicyclic) bond motifs is 1. The molecule has 1 amide bonds. The zero-order chi connectivity index (χ0) is 22.6. The summed E-state index contributed by atoms with van der Waals surface area (Å²) in [5.41, 5.74) is 5.36. The Hall–Kier alpha value is -3.27. The average Bonchev–Trinajstić information content (AvgIpc) is 3.20. The Labute approximate surface area is 190 Å².